The summed E-state index contributed by atoms with van der Waals surface area (Å²) in [6, 6.07) is 8.46. The molecule has 1 heterocycles. The molecule has 4 atom stereocenters. The third-order valence-electron chi connectivity index (χ3n) is 4.24. The standard InChI is InChI=1S/C16H22N2O3/c1-10(11(2)19)14-16(21)18(3)13(15(20)17-14)9-12-7-5-4-6-8-12/h4-8,10-11,13-14,19H,9H2,1-3H3,(H,17,20). The molecular weight excluding hydrogens is 268 g/mol. The fourth-order valence-electron chi connectivity index (χ4n) is 2.56. The highest BCUT2D eigenvalue weighted by molar-refractivity contribution is 5.97. The van der Waals surface area contributed by atoms with Gasteiger partial charge in [-0.15, -0.1) is 0 Å². The van der Waals surface area contributed by atoms with Crippen LogP contribution in [-0.2, 0) is 16.0 Å². The minimum absolute atomic E-state index is 0.149. The van der Waals surface area contributed by atoms with E-state index < -0.39 is 18.2 Å². The average molecular weight is 290 g/mol. The zero-order valence-corrected chi connectivity index (χ0v) is 12.6. The van der Waals surface area contributed by atoms with Crippen LogP contribution in [0.15, 0.2) is 30.3 Å². The lowest BCUT2D eigenvalue weighted by molar-refractivity contribution is -0.150. The number of likely N-dealkylation sites (N-methyl/N-ethyl adjacent to an activating group) is 1. The summed E-state index contributed by atoms with van der Waals surface area (Å²) < 4.78 is 0. The number of rotatable bonds is 4. The first-order valence-corrected chi connectivity index (χ1v) is 7.21. The molecule has 5 nitrogen and oxygen atoms in total. The molecule has 0 saturated carbocycles. The summed E-state index contributed by atoms with van der Waals surface area (Å²) in [7, 11) is 1.65. The zero-order chi connectivity index (χ0) is 15.6. The molecule has 1 aliphatic rings. The van der Waals surface area contributed by atoms with Crippen LogP contribution in [0.3, 0.4) is 0 Å². The second kappa shape index (κ2) is 6.26. The minimum Gasteiger partial charge on any atom is -0.393 e. The highest BCUT2D eigenvalue weighted by Crippen LogP contribution is 2.19. The molecule has 1 aliphatic heterocycles. The van der Waals surface area contributed by atoms with Crippen molar-refractivity contribution in [3.8, 4) is 0 Å². The minimum atomic E-state index is -0.658. The average Bonchev–Trinajstić information content (AvgIpc) is 2.47. The third-order valence-corrected chi connectivity index (χ3v) is 4.24. The summed E-state index contributed by atoms with van der Waals surface area (Å²) >= 11 is 0. The van der Waals surface area contributed by atoms with E-state index in [1.165, 1.54) is 4.90 Å². The van der Waals surface area contributed by atoms with Gasteiger partial charge in [0, 0.05) is 19.4 Å². The molecule has 2 rings (SSSR count). The van der Waals surface area contributed by atoms with E-state index in [-0.39, 0.29) is 17.7 Å². The smallest absolute Gasteiger partial charge is 0.245 e. The lowest BCUT2D eigenvalue weighted by Gasteiger charge is -2.39. The molecule has 4 unspecified atom stereocenters. The molecule has 1 aromatic rings. The molecule has 21 heavy (non-hydrogen) atoms. The Morgan fingerprint density at radius 1 is 1.24 bits per heavy atom. The Bertz CT molecular complexity index is 516. The van der Waals surface area contributed by atoms with E-state index in [9.17, 15) is 14.7 Å². The first-order chi connectivity index (χ1) is 9.91. The molecule has 1 fully saturated rings. The number of benzene rings is 1. The molecular formula is C16H22N2O3. The van der Waals surface area contributed by atoms with Crippen LogP contribution in [0.1, 0.15) is 19.4 Å². The van der Waals surface area contributed by atoms with Crippen LogP contribution < -0.4 is 5.32 Å². The van der Waals surface area contributed by atoms with Gasteiger partial charge in [-0.25, -0.2) is 0 Å². The SMILES string of the molecule is CC(O)C(C)C1NC(=O)C(Cc2ccccc2)N(C)C1=O. The van der Waals surface area contributed by atoms with Crippen molar-refractivity contribution in [1.82, 2.24) is 10.2 Å². The molecule has 1 saturated heterocycles. The number of hydrogen-bond donors (Lipinski definition) is 2. The molecule has 2 amide bonds. The quantitative estimate of drug-likeness (QED) is 0.852. The van der Waals surface area contributed by atoms with E-state index in [4.69, 9.17) is 0 Å². The van der Waals surface area contributed by atoms with Gasteiger partial charge in [0.15, 0.2) is 0 Å². The first kappa shape index (κ1) is 15.5. The summed E-state index contributed by atoms with van der Waals surface area (Å²) in [4.78, 5) is 26.2. The van der Waals surface area contributed by atoms with Crippen LogP contribution >= 0.6 is 0 Å². The normalized spacial score (nSPS) is 25.4. The molecule has 0 aromatic heterocycles. The van der Waals surface area contributed by atoms with Crippen molar-refractivity contribution < 1.29 is 14.7 Å². The highest BCUT2D eigenvalue weighted by Gasteiger charge is 2.41. The van der Waals surface area contributed by atoms with Crippen LogP contribution in [0, 0.1) is 5.92 Å². The van der Waals surface area contributed by atoms with Crippen LogP contribution in [0.2, 0.25) is 0 Å². The number of carbonyl (C=O) groups excluding carboxylic acids is 2. The van der Waals surface area contributed by atoms with E-state index in [2.05, 4.69) is 5.32 Å². The lowest BCUT2D eigenvalue weighted by atomic mass is 9.91. The number of nitrogens with one attached hydrogen (secondary N) is 1. The second-order valence-corrected chi connectivity index (χ2v) is 5.74. The van der Waals surface area contributed by atoms with Crippen molar-refractivity contribution in [3.63, 3.8) is 0 Å². The van der Waals surface area contributed by atoms with Gasteiger partial charge in [-0.3, -0.25) is 9.59 Å². The number of aliphatic hydroxyl groups is 1. The van der Waals surface area contributed by atoms with Crippen LogP contribution in [-0.4, -0.2) is 47.1 Å². The van der Waals surface area contributed by atoms with Gasteiger partial charge in [-0.05, 0) is 12.5 Å². The fourth-order valence-corrected chi connectivity index (χ4v) is 2.56. The van der Waals surface area contributed by atoms with E-state index in [0.717, 1.165) is 5.56 Å². The Labute approximate surface area is 125 Å². The molecule has 0 radical (unpaired) electrons. The van der Waals surface area contributed by atoms with E-state index in [1.807, 2.05) is 30.3 Å². The summed E-state index contributed by atoms with van der Waals surface area (Å²) in [5, 5.41) is 12.4. The summed E-state index contributed by atoms with van der Waals surface area (Å²) in [5.74, 6) is -0.635. The first-order valence-electron chi connectivity index (χ1n) is 7.21. The molecule has 2 N–H and O–H groups in total. The number of nitrogens with zero attached hydrogens (tertiary/aromatic N) is 1. The van der Waals surface area contributed by atoms with Crippen molar-refractivity contribution in [2.24, 2.45) is 5.92 Å². The van der Waals surface area contributed by atoms with Gasteiger partial charge >= 0.3 is 0 Å². The molecule has 0 spiro atoms. The van der Waals surface area contributed by atoms with Crippen molar-refractivity contribution in [2.45, 2.75) is 38.5 Å². The number of amides is 2. The summed E-state index contributed by atoms with van der Waals surface area (Å²) in [5.41, 5.74) is 1.01. The number of aliphatic hydroxyl groups excluding tert-OH is 1. The Morgan fingerprint density at radius 2 is 1.86 bits per heavy atom. The van der Waals surface area contributed by atoms with Gasteiger partial charge in [0.2, 0.25) is 11.8 Å². The Morgan fingerprint density at radius 3 is 2.43 bits per heavy atom. The van der Waals surface area contributed by atoms with Gasteiger partial charge in [-0.1, -0.05) is 37.3 Å². The molecule has 1 aromatic carbocycles. The monoisotopic (exact) mass is 290 g/mol. The third kappa shape index (κ3) is 3.24. The van der Waals surface area contributed by atoms with E-state index in [0.29, 0.717) is 6.42 Å². The van der Waals surface area contributed by atoms with Crippen molar-refractivity contribution >= 4 is 11.8 Å². The maximum atomic E-state index is 12.4. The van der Waals surface area contributed by atoms with Gasteiger partial charge in [0.1, 0.15) is 12.1 Å². The van der Waals surface area contributed by atoms with E-state index >= 15 is 0 Å². The predicted octanol–water partition coefficient (Wildman–Crippen LogP) is 0.571. The molecule has 5 heteroatoms. The Balaban J connectivity index is 2.14. The Hall–Kier alpha value is -1.88. The van der Waals surface area contributed by atoms with Gasteiger partial charge in [0.05, 0.1) is 6.10 Å². The van der Waals surface area contributed by atoms with Crippen LogP contribution in [0.4, 0.5) is 0 Å². The number of carbonyl (C=O) groups is 2. The number of hydrogen-bond acceptors (Lipinski definition) is 3. The molecule has 114 valence electrons. The van der Waals surface area contributed by atoms with Crippen molar-refractivity contribution in [3.05, 3.63) is 35.9 Å². The topological polar surface area (TPSA) is 69.6 Å². The summed E-state index contributed by atoms with van der Waals surface area (Å²) in [6.07, 6.45) is -0.164. The van der Waals surface area contributed by atoms with Crippen LogP contribution in [0.5, 0.6) is 0 Å². The van der Waals surface area contributed by atoms with Gasteiger partial charge in [-0.2, -0.15) is 0 Å². The largest absolute Gasteiger partial charge is 0.393 e. The zero-order valence-electron chi connectivity index (χ0n) is 12.6. The van der Waals surface area contributed by atoms with E-state index in [1.54, 1.807) is 20.9 Å². The molecule has 0 aliphatic carbocycles. The maximum absolute atomic E-state index is 12.4. The Kier molecular flexibility index (Phi) is 4.63. The number of piperazine rings is 1. The van der Waals surface area contributed by atoms with Crippen molar-refractivity contribution in [2.75, 3.05) is 7.05 Å². The summed E-state index contributed by atoms with van der Waals surface area (Å²) in [6.45, 7) is 3.39. The molecule has 0 bridgehead atoms. The van der Waals surface area contributed by atoms with Gasteiger partial charge in [0.25, 0.3) is 0 Å². The van der Waals surface area contributed by atoms with Crippen LogP contribution in [0.25, 0.3) is 0 Å². The predicted molar refractivity (Wildman–Crippen MR) is 79.5 cm³/mol. The lowest BCUT2D eigenvalue weighted by Crippen LogP contribution is -2.65. The fraction of sp³-hybridized carbons (Fsp3) is 0.500. The van der Waals surface area contributed by atoms with Gasteiger partial charge < -0.3 is 15.3 Å². The second-order valence-electron chi connectivity index (χ2n) is 5.74. The van der Waals surface area contributed by atoms with Crippen molar-refractivity contribution in [1.29, 1.82) is 0 Å². The maximum Gasteiger partial charge on any atom is 0.245 e. The highest BCUT2D eigenvalue weighted by atomic mass is 16.3.